The summed E-state index contributed by atoms with van der Waals surface area (Å²) in [7, 11) is -3.30. The molecule has 20 heavy (non-hydrogen) atoms. The molecule has 0 amide bonds. The Kier molecular flexibility index (Phi) is 5.11. The van der Waals surface area contributed by atoms with Crippen LogP contribution in [0.1, 0.15) is 31.2 Å². The molecule has 1 aromatic rings. The summed E-state index contributed by atoms with van der Waals surface area (Å²) in [5.74, 6) is -0.487. The Morgan fingerprint density at radius 3 is 2.95 bits per heavy atom. The number of nitrogens with zero attached hydrogens (tertiary/aromatic N) is 1. The van der Waals surface area contributed by atoms with Crippen molar-refractivity contribution in [2.75, 3.05) is 12.4 Å². The van der Waals surface area contributed by atoms with Crippen LogP contribution in [0.25, 0.3) is 0 Å². The van der Waals surface area contributed by atoms with Crippen molar-refractivity contribution >= 4 is 15.8 Å². The van der Waals surface area contributed by atoms with E-state index in [-0.39, 0.29) is 12.4 Å². The summed E-state index contributed by atoms with van der Waals surface area (Å²) in [6.07, 6.45) is 6.72. The molecule has 2 heterocycles. The molecule has 110 valence electrons. The fourth-order valence-electron chi connectivity index (χ4n) is 2.31. The zero-order valence-corrected chi connectivity index (χ0v) is 12.1. The zero-order valence-electron chi connectivity index (χ0n) is 11.3. The van der Waals surface area contributed by atoms with E-state index in [2.05, 4.69) is 4.98 Å². The van der Waals surface area contributed by atoms with Crippen LogP contribution in [0.5, 0.6) is 0 Å². The second-order valence-corrected chi connectivity index (χ2v) is 7.29. The van der Waals surface area contributed by atoms with Gasteiger partial charge in [0, 0.05) is 12.4 Å². The van der Waals surface area contributed by atoms with Crippen molar-refractivity contribution in [1.82, 2.24) is 4.98 Å². The first kappa shape index (κ1) is 15.0. The lowest BCUT2D eigenvalue weighted by Crippen LogP contribution is -2.36. The zero-order chi connectivity index (χ0) is 14.4. The molecule has 2 rings (SSSR count). The number of sulfone groups is 1. The third-order valence-electron chi connectivity index (χ3n) is 3.42. The molecule has 0 spiro atoms. The van der Waals surface area contributed by atoms with Crippen LogP contribution < -0.4 is 0 Å². The van der Waals surface area contributed by atoms with Gasteiger partial charge in [-0.3, -0.25) is 9.78 Å². The van der Waals surface area contributed by atoms with E-state index in [1.807, 2.05) is 12.1 Å². The number of aromatic nitrogens is 1. The van der Waals surface area contributed by atoms with Crippen molar-refractivity contribution in [3.8, 4) is 0 Å². The van der Waals surface area contributed by atoms with Crippen LogP contribution in [-0.4, -0.2) is 37.0 Å². The maximum Gasteiger partial charge on any atom is 0.324 e. The average Bonchev–Trinajstić information content (AvgIpc) is 2.44. The number of aryl methyl sites for hydroxylation is 1. The fourth-order valence-corrected chi connectivity index (χ4v) is 4.09. The first-order valence-corrected chi connectivity index (χ1v) is 8.58. The molecule has 1 saturated heterocycles. The van der Waals surface area contributed by atoms with E-state index in [1.54, 1.807) is 12.4 Å². The molecule has 0 N–H and O–H groups in total. The van der Waals surface area contributed by atoms with Gasteiger partial charge in [-0.25, -0.2) is 8.42 Å². The highest BCUT2D eigenvalue weighted by Crippen LogP contribution is 2.20. The van der Waals surface area contributed by atoms with E-state index in [4.69, 9.17) is 4.74 Å². The van der Waals surface area contributed by atoms with Gasteiger partial charge in [-0.1, -0.05) is 12.5 Å². The van der Waals surface area contributed by atoms with Gasteiger partial charge in [-0.2, -0.15) is 0 Å². The minimum atomic E-state index is -3.30. The van der Waals surface area contributed by atoms with E-state index in [9.17, 15) is 13.2 Å². The Balaban J connectivity index is 1.75. The van der Waals surface area contributed by atoms with Gasteiger partial charge < -0.3 is 4.74 Å². The number of pyridine rings is 1. The standard InChI is InChI=1S/C14H19NO4S/c16-14(13-7-1-2-10-20(13,17)18)19-9-4-6-12-5-3-8-15-11-12/h3,5,8,11,13H,1-2,4,6-7,9-10H2. The molecule has 1 aliphatic rings. The van der Waals surface area contributed by atoms with E-state index in [0.717, 1.165) is 18.4 Å². The lowest BCUT2D eigenvalue weighted by molar-refractivity contribution is -0.143. The number of carbonyl (C=O) groups is 1. The van der Waals surface area contributed by atoms with Crippen molar-refractivity contribution in [3.05, 3.63) is 30.1 Å². The largest absolute Gasteiger partial charge is 0.465 e. The summed E-state index contributed by atoms with van der Waals surface area (Å²) in [6.45, 7) is 0.250. The molecule has 0 aliphatic carbocycles. The van der Waals surface area contributed by atoms with Gasteiger partial charge in [0.2, 0.25) is 0 Å². The number of hydrogen-bond donors (Lipinski definition) is 0. The van der Waals surface area contributed by atoms with Crippen molar-refractivity contribution in [2.45, 2.75) is 37.4 Å². The topological polar surface area (TPSA) is 73.3 Å². The molecule has 0 aromatic carbocycles. The average molecular weight is 297 g/mol. The molecule has 1 unspecified atom stereocenters. The molecule has 1 atom stereocenters. The van der Waals surface area contributed by atoms with Crippen LogP contribution in [0.4, 0.5) is 0 Å². The molecule has 5 nitrogen and oxygen atoms in total. The van der Waals surface area contributed by atoms with E-state index < -0.39 is 21.1 Å². The number of ether oxygens (including phenoxy) is 1. The predicted molar refractivity (Wildman–Crippen MR) is 74.9 cm³/mol. The van der Waals surface area contributed by atoms with Crippen LogP contribution in [0, 0.1) is 0 Å². The molecule has 6 heteroatoms. The van der Waals surface area contributed by atoms with Gasteiger partial charge in [0.25, 0.3) is 0 Å². The molecule has 0 bridgehead atoms. The number of carbonyl (C=O) groups excluding carboxylic acids is 1. The molecular weight excluding hydrogens is 278 g/mol. The molecule has 0 radical (unpaired) electrons. The van der Waals surface area contributed by atoms with E-state index in [1.165, 1.54) is 0 Å². The van der Waals surface area contributed by atoms with Crippen LogP contribution in [0.15, 0.2) is 24.5 Å². The van der Waals surface area contributed by atoms with Gasteiger partial charge in [-0.15, -0.1) is 0 Å². The summed E-state index contributed by atoms with van der Waals surface area (Å²) >= 11 is 0. The third kappa shape index (κ3) is 4.03. The van der Waals surface area contributed by atoms with Crippen molar-refractivity contribution < 1.29 is 17.9 Å². The lowest BCUT2D eigenvalue weighted by atomic mass is 10.2. The highest BCUT2D eigenvalue weighted by molar-refractivity contribution is 7.92. The Morgan fingerprint density at radius 2 is 2.25 bits per heavy atom. The summed E-state index contributed by atoms with van der Waals surface area (Å²) in [5.41, 5.74) is 1.08. The maximum atomic E-state index is 11.8. The normalized spacial score (nSPS) is 21.3. The third-order valence-corrected chi connectivity index (χ3v) is 5.57. The molecular formula is C14H19NO4S. The SMILES string of the molecule is O=C(OCCCc1cccnc1)C1CCCCS1(=O)=O. The Bertz CT molecular complexity index is 542. The van der Waals surface area contributed by atoms with Gasteiger partial charge >= 0.3 is 5.97 Å². The van der Waals surface area contributed by atoms with Crippen LogP contribution >= 0.6 is 0 Å². The smallest absolute Gasteiger partial charge is 0.324 e. The molecule has 1 aliphatic heterocycles. The number of hydrogen-bond acceptors (Lipinski definition) is 5. The van der Waals surface area contributed by atoms with Gasteiger partial charge in [0.15, 0.2) is 15.1 Å². The molecule has 0 saturated carbocycles. The lowest BCUT2D eigenvalue weighted by Gasteiger charge is -2.20. The summed E-state index contributed by atoms with van der Waals surface area (Å²) in [5, 5.41) is -0.949. The van der Waals surface area contributed by atoms with Gasteiger partial charge in [0.05, 0.1) is 12.4 Å². The summed E-state index contributed by atoms with van der Waals surface area (Å²) in [6, 6.07) is 3.82. The summed E-state index contributed by atoms with van der Waals surface area (Å²) in [4.78, 5) is 15.8. The predicted octanol–water partition coefficient (Wildman–Crippen LogP) is 1.52. The Hall–Kier alpha value is -1.43. The maximum absolute atomic E-state index is 11.8. The molecule has 1 aromatic heterocycles. The molecule has 1 fully saturated rings. The quantitative estimate of drug-likeness (QED) is 0.608. The minimum Gasteiger partial charge on any atom is -0.465 e. The van der Waals surface area contributed by atoms with Crippen molar-refractivity contribution in [3.63, 3.8) is 0 Å². The summed E-state index contributed by atoms with van der Waals surface area (Å²) < 4.78 is 28.6. The van der Waals surface area contributed by atoms with Crippen LogP contribution in [-0.2, 0) is 25.8 Å². The monoisotopic (exact) mass is 297 g/mol. The van der Waals surface area contributed by atoms with Crippen molar-refractivity contribution in [1.29, 1.82) is 0 Å². The first-order valence-electron chi connectivity index (χ1n) is 6.87. The minimum absolute atomic E-state index is 0.0997. The second kappa shape index (κ2) is 6.83. The second-order valence-electron chi connectivity index (χ2n) is 4.98. The highest BCUT2D eigenvalue weighted by Gasteiger charge is 2.35. The van der Waals surface area contributed by atoms with Crippen molar-refractivity contribution in [2.24, 2.45) is 0 Å². The van der Waals surface area contributed by atoms with E-state index in [0.29, 0.717) is 19.3 Å². The first-order chi connectivity index (χ1) is 9.59. The Morgan fingerprint density at radius 1 is 1.40 bits per heavy atom. The van der Waals surface area contributed by atoms with Gasteiger partial charge in [0.1, 0.15) is 0 Å². The van der Waals surface area contributed by atoms with E-state index >= 15 is 0 Å². The fraction of sp³-hybridized carbons (Fsp3) is 0.571. The Labute approximate surface area is 119 Å². The van der Waals surface area contributed by atoms with Crippen LogP contribution in [0.2, 0.25) is 0 Å². The van der Waals surface area contributed by atoms with Crippen LogP contribution in [0.3, 0.4) is 0 Å². The number of rotatable bonds is 5. The number of esters is 1. The van der Waals surface area contributed by atoms with Gasteiger partial charge in [-0.05, 0) is 37.3 Å². The highest BCUT2D eigenvalue weighted by atomic mass is 32.2.